The maximum absolute atomic E-state index is 6.26. The van der Waals surface area contributed by atoms with Gasteiger partial charge >= 0.3 is 0 Å². The second-order valence-corrected chi connectivity index (χ2v) is 5.44. The number of fused-ring (bicyclic) bond motifs is 1. The molecule has 0 saturated heterocycles. The molecule has 3 rings (SSSR count). The lowest BCUT2D eigenvalue weighted by molar-refractivity contribution is 0.527. The van der Waals surface area contributed by atoms with Crippen molar-refractivity contribution in [3.8, 4) is 0 Å². The highest BCUT2D eigenvalue weighted by molar-refractivity contribution is 5.68. The second-order valence-electron chi connectivity index (χ2n) is 5.44. The van der Waals surface area contributed by atoms with Gasteiger partial charge in [0.15, 0.2) is 5.82 Å². The maximum Gasteiger partial charge on any atom is 0.152 e. The third-order valence-electron chi connectivity index (χ3n) is 3.90. The quantitative estimate of drug-likeness (QED) is 0.811. The lowest BCUT2D eigenvalue weighted by atomic mass is 10.0. The van der Waals surface area contributed by atoms with Gasteiger partial charge < -0.3 is 11.1 Å². The number of nitrogens with two attached hydrogens (primary N) is 1. The number of nitrogens with zero attached hydrogens (tertiary/aromatic N) is 3. The molecular weight excluding hydrogens is 238 g/mol. The Balaban J connectivity index is 1.87. The molecule has 3 N–H and O–H groups in total. The number of anilines is 1. The molecule has 0 aromatic carbocycles. The van der Waals surface area contributed by atoms with Gasteiger partial charge in [-0.15, -0.1) is 0 Å². The molecule has 0 radical (unpaired) electrons. The van der Waals surface area contributed by atoms with Crippen LogP contribution in [0.15, 0.2) is 18.5 Å². The van der Waals surface area contributed by atoms with Crippen LogP contribution in [0.2, 0.25) is 0 Å². The zero-order valence-corrected chi connectivity index (χ0v) is 11.3. The third kappa shape index (κ3) is 2.56. The molecule has 0 amide bonds. The van der Waals surface area contributed by atoms with Gasteiger partial charge in [-0.1, -0.05) is 19.3 Å². The van der Waals surface area contributed by atoms with Crippen molar-refractivity contribution < 1.29 is 0 Å². The molecule has 1 aliphatic carbocycles. The zero-order chi connectivity index (χ0) is 13.2. The number of nitrogens with one attached hydrogen (secondary N) is 1. The molecule has 2 atom stereocenters. The Hall–Kier alpha value is -1.62. The minimum absolute atomic E-state index is 0.216. The van der Waals surface area contributed by atoms with E-state index in [-0.39, 0.29) is 6.04 Å². The van der Waals surface area contributed by atoms with Crippen LogP contribution in [0.3, 0.4) is 0 Å². The molecule has 5 heteroatoms. The molecule has 1 saturated carbocycles. The molecule has 102 valence electrons. The van der Waals surface area contributed by atoms with Gasteiger partial charge in [0.1, 0.15) is 5.52 Å². The van der Waals surface area contributed by atoms with Crippen LogP contribution in [0.25, 0.3) is 5.52 Å². The van der Waals surface area contributed by atoms with Gasteiger partial charge in [-0.05, 0) is 25.8 Å². The first-order valence-corrected chi connectivity index (χ1v) is 7.07. The summed E-state index contributed by atoms with van der Waals surface area (Å²) in [5, 5.41) is 7.94. The van der Waals surface area contributed by atoms with E-state index in [1.54, 1.807) is 6.20 Å². The van der Waals surface area contributed by atoms with E-state index in [4.69, 9.17) is 5.73 Å². The van der Waals surface area contributed by atoms with E-state index in [0.29, 0.717) is 6.04 Å². The average molecular weight is 259 g/mol. The van der Waals surface area contributed by atoms with E-state index in [1.807, 2.05) is 17.6 Å². The average Bonchev–Trinajstić information content (AvgIpc) is 2.66. The van der Waals surface area contributed by atoms with Crippen molar-refractivity contribution >= 4 is 11.3 Å². The largest absolute Gasteiger partial charge is 0.364 e. The summed E-state index contributed by atoms with van der Waals surface area (Å²) in [4.78, 5) is 4.45. The monoisotopic (exact) mass is 259 g/mol. The molecule has 2 aromatic rings. The first kappa shape index (κ1) is 12.4. The van der Waals surface area contributed by atoms with Crippen LogP contribution in [0.4, 0.5) is 5.82 Å². The van der Waals surface area contributed by atoms with Crippen molar-refractivity contribution in [1.29, 1.82) is 0 Å². The van der Waals surface area contributed by atoms with Crippen molar-refractivity contribution in [1.82, 2.24) is 14.6 Å². The van der Waals surface area contributed by atoms with E-state index in [2.05, 4.69) is 21.5 Å². The smallest absolute Gasteiger partial charge is 0.152 e. The molecule has 19 heavy (non-hydrogen) atoms. The minimum atomic E-state index is 0.216. The Bertz CT molecular complexity index is 562. The SMILES string of the molecule is Cc1cc2c(NC3CCCCCC3N)nccn2n1. The van der Waals surface area contributed by atoms with E-state index < -0.39 is 0 Å². The van der Waals surface area contributed by atoms with Gasteiger partial charge in [0.05, 0.1) is 5.69 Å². The standard InChI is InChI=1S/C14H21N5/c1-10-9-13-14(16-7-8-19(13)18-10)17-12-6-4-2-3-5-11(12)15/h7-9,11-12H,2-6,15H2,1H3,(H,16,17). The lowest BCUT2D eigenvalue weighted by Gasteiger charge is -2.23. The zero-order valence-electron chi connectivity index (χ0n) is 11.3. The van der Waals surface area contributed by atoms with Crippen molar-refractivity contribution in [2.24, 2.45) is 5.73 Å². The van der Waals surface area contributed by atoms with Crippen molar-refractivity contribution in [2.45, 2.75) is 51.1 Å². The van der Waals surface area contributed by atoms with Gasteiger partial charge in [-0.3, -0.25) is 0 Å². The molecule has 5 nitrogen and oxygen atoms in total. The Labute approximate surface area is 113 Å². The third-order valence-corrected chi connectivity index (χ3v) is 3.90. The van der Waals surface area contributed by atoms with E-state index in [0.717, 1.165) is 29.9 Å². The first-order valence-electron chi connectivity index (χ1n) is 7.07. The van der Waals surface area contributed by atoms with Crippen LogP contribution in [0.1, 0.15) is 37.8 Å². The van der Waals surface area contributed by atoms with Crippen molar-refractivity contribution in [3.63, 3.8) is 0 Å². The Morgan fingerprint density at radius 1 is 1.32 bits per heavy atom. The van der Waals surface area contributed by atoms with Crippen molar-refractivity contribution in [2.75, 3.05) is 5.32 Å². The normalized spacial score (nSPS) is 24.3. The highest BCUT2D eigenvalue weighted by Gasteiger charge is 2.21. The Kier molecular flexibility index (Phi) is 3.38. The predicted octanol–water partition coefficient (Wildman–Crippen LogP) is 2.11. The van der Waals surface area contributed by atoms with Gasteiger partial charge in [0.2, 0.25) is 0 Å². The van der Waals surface area contributed by atoms with Gasteiger partial charge in [-0.2, -0.15) is 5.10 Å². The first-order chi connectivity index (χ1) is 9.24. The van der Waals surface area contributed by atoms with Crippen LogP contribution in [0, 0.1) is 6.92 Å². The van der Waals surface area contributed by atoms with Gasteiger partial charge in [0, 0.05) is 24.5 Å². The molecule has 1 aliphatic rings. The minimum Gasteiger partial charge on any atom is -0.364 e. The number of hydrogen-bond acceptors (Lipinski definition) is 4. The van der Waals surface area contributed by atoms with Crippen LogP contribution in [0.5, 0.6) is 0 Å². The maximum atomic E-state index is 6.26. The van der Waals surface area contributed by atoms with Gasteiger partial charge in [-0.25, -0.2) is 9.50 Å². The van der Waals surface area contributed by atoms with Crippen LogP contribution >= 0.6 is 0 Å². The fourth-order valence-corrected chi connectivity index (χ4v) is 2.85. The highest BCUT2D eigenvalue weighted by Crippen LogP contribution is 2.22. The number of rotatable bonds is 2. The summed E-state index contributed by atoms with van der Waals surface area (Å²) in [6.07, 6.45) is 9.64. The summed E-state index contributed by atoms with van der Waals surface area (Å²) in [5.41, 5.74) is 8.29. The highest BCUT2D eigenvalue weighted by atomic mass is 15.2. The fraction of sp³-hybridized carbons (Fsp3) is 0.571. The van der Waals surface area contributed by atoms with Crippen LogP contribution < -0.4 is 11.1 Å². The topological polar surface area (TPSA) is 68.2 Å². The number of aryl methyl sites for hydroxylation is 1. The summed E-state index contributed by atoms with van der Waals surface area (Å²) in [5.74, 6) is 0.894. The summed E-state index contributed by atoms with van der Waals surface area (Å²) < 4.78 is 1.87. The molecule has 1 fully saturated rings. The summed E-state index contributed by atoms with van der Waals surface area (Å²) >= 11 is 0. The fourth-order valence-electron chi connectivity index (χ4n) is 2.85. The van der Waals surface area contributed by atoms with Crippen LogP contribution in [-0.2, 0) is 0 Å². The molecule has 2 heterocycles. The number of hydrogen-bond donors (Lipinski definition) is 2. The Morgan fingerprint density at radius 3 is 3.05 bits per heavy atom. The van der Waals surface area contributed by atoms with Gasteiger partial charge in [0.25, 0.3) is 0 Å². The van der Waals surface area contributed by atoms with E-state index in [1.165, 1.54) is 19.3 Å². The molecule has 0 spiro atoms. The van der Waals surface area contributed by atoms with E-state index in [9.17, 15) is 0 Å². The molecular formula is C14H21N5. The summed E-state index contributed by atoms with van der Waals surface area (Å²) in [6.45, 7) is 1.99. The summed E-state index contributed by atoms with van der Waals surface area (Å²) in [6, 6.07) is 2.59. The molecule has 2 aromatic heterocycles. The Morgan fingerprint density at radius 2 is 2.16 bits per heavy atom. The molecule has 0 bridgehead atoms. The molecule has 0 aliphatic heterocycles. The van der Waals surface area contributed by atoms with Crippen molar-refractivity contribution in [3.05, 3.63) is 24.2 Å². The second kappa shape index (κ2) is 5.17. The summed E-state index contributed by atoms with van der Waals surface area (Å²) in [7, 11) is 0. The van der Waals surface area contributed by atoms with Crippen LogP contribution in [-0.4, -0.2) is 26.7 Å². The van der Waals surface area contributed by atoms with E-state index >= 15 is 0 Å². The molecule has 2 unspecified atom stereocenters. The number of aromatic nitrogens is 3. The lowest BCUT2D eigenvalue weighted by Crippen LogP contribution is -2.39. The predicted molar refractivity (Wildman–Crippen MR) is 76.2 cm³/mol.